The van der Waals surface area contributed by atoms with Crippen molar-refractivity contribution in [1.29, 1.82) is 0 Å². The fourth-order valence-electron chi connectivity index (χ4n) is 4.40. The predicted octanol–water partition coefficient (Wildman–Crippen LogP) is 0.895. The second kappa shape index (κ2) is 8.67. The number of amides is 1. The zero-order valence-electron chi connectivity index (χ0n) is 18.5. The molecular weight excluding hydrogens is 444 g/mol. The number of sulfonamides is 1. The SMILES string of the molecule is Cn1nnc2c(N3CCN(C(=O)c4ccc(S(=O)(=O)N5CCCCC5)cc4)CC3)ncnc21. The van der Waals surface area contributed by atoms with Gasteiger partial charge in [-0.3, -0.25) is 4.79 Å². The van der Waals surface area contributed by atoms with Gasteiger partial charge in [-0.25, -0.2) is 23.1 Å². The summed E-state index contributed by atoms with van der Waals surface area (Å²) in [7, 11) is -1.72. The monoisotopic (exact) mass is 470 g/mol. The van der Waals surface area contributed by atoms with Crippen LogP contribution < -0.4 is 4.90 Å². The Labute approximate surface area is 192 Å². The Kier molecular flexibility index (Phi) is 5.71. The lowest BCUT2D eigenvalue weighted by Crippen LogP contribution is -2.49. The molecule has 0 radical (unpaired) electrons. The van der Waals surface area contributed by atoms with Crippen molar-refractivity contribution in [2.45, 2.75) is 24.2 Å². The smallest absolute Gasteiger partial charge is 0.253 e. The third kappa shape index (κ3) is 4.04. The number of anilines is 1. The molecular formula is C21H26N8O3S. The molecule has 2 aromatic heterocycles. The summed E-state index contributed by atoms with van der Waals surface area (Å²) in [4.78, 5) is 25.7. The van der Waals surface area contributed by atoms with Gasteiger partial charge in [0.05, 0.1) is 4.90 Å². The van der Waals surface area contributed by atoms with Crippen molar-refractivity contribution >= 4 is 32.9 Å². The molecule has 0 atom stereocenters. The summed E-state index contributed by atoms with van der Waals surface area (Å²) >= 11 is 0. The van der Waals surface area contributed by atoms with E-state index in [-0.39, 0.29) is 10.8 Å². The van der Waals surface area contributed by atoms with Gasteiger partial charge in [0.2, 0.25) is 10.0 Å². The molecule has 12 heteroatoms. The Hall–Kier alpha value is -3.12. The standard InChI is InChI=1S/C21H26N8O3S/c1-26-19-18(24-25-26)20(23-15-22-19)27-11-13-28(14-12-27)21(30)16-5-7-17(8-6-16)33(31,32)29-9-3-2-4-10-29/h5-8,15H,2-4,9-14H2,1H3. The van der Waals surface area contributed by atoms with Crippen LogP contribution in [0.5, 0.6) is 0 Å². The van der Waals surface area contributed by atoms with E-state index < -0.39 is 10.0 Å². The summed E-state index contributed by atoms with van der Waals surface area (Å²) in [6.07, 6.45) is 4.34. The first-order valence-corrected chi connectivity index (χ1v) is 12.5. The highest BCUT2D eigenvalue weighted by atomic mass is 32.2. The quantitative estimate of drug-likeness (QED) is 0.552. The minimum atomic E-state index is -3.51. The number of aromatic nitrogens is 5. The number of hydrogen-bond donors (Lipinski definition) is 0. The fraction of sp³-hybridized carbons (Fsp3) is 0.476. The van der Waals surface area contributed by atoms with Crippen LogP contribution in [0.2, 0.25) is 0 Å². The van der Waals surface area contributed by atoms with Gasteiger partial charge in [0.25, 0.3) is 5.91 Å². The number of piperidine rings is 1. The van der Waals surface area contributed by atoms with Crippen molar-refractivity contribution in [3.63, 3.8) is 0 Å². The summed E-state index contributed by atoms with van der Waals surface area (Å²) in [5.74, 6) is 0.608. The number of hydrogen-bond acceptors (Lipinski definition) is 8. The second-order valence-corrected chi connectivity index (χ2v) is 10.3. The lowest BCUT2D eigenvalue weighted by molar-refractivity contribution is 0.0746. The van der Waals surface area contributed by atoms with Crippen LogP contribution in [0.15, 0.2) is 35.5 Å². The summed E-state index contributed by atoms with van der Waals surface area (Å²) in [5.41, 5.74) is 1.79. The molecule has 1 amide bonds. The first-order valence-electron chi connectivity index (χ1n) is 11.1. The molecule has 0 bridgehead atoms. The normalized spacial score (nSPS) is 18.1. The first kappa shape index (κ1) is 21.7. The van der Waals surface area contributed by atoms with E-state index in [0.29, 0.717) is 61.8 Å². The van der Waals surface area contributed by atoms with E-state index in [1.807, 2.05) is 0 Å². The van der Waals surface area contributed by atoms with E-state index in [1.165, 1.54) is 10.6 Å². The maximum atomic E-state index is 13.0. The van der Waals surface area contributed by atoms with Crippen LogP contribution in [-0.2, 0) is 17.1 Å². The van der Waals surface area contributed by atoms with Crippen LogP contribution in [0.3, 0.4) is 0 Å². The third-order valence-corrected chi connectivity index (χ3v) is 8.20. The molecule has 33 heavy (non-hydrogen) atoms. The molecule has 5 rings (SSSR count). The van der Waals surface area contributed by atoms with Gasteiger partial charge >= 0.3 is 0 Å². The van der Waals surface area contributed by atoms with Gasteiger partial charge in [-0.15, -0.1) is 5.10 Å². The highest BCUT2D eigenvalue weighted by molar-refractivity contribution is 7.89. The average molecular weight is 471 g/mol. The van der Waals surface area contributed by atoms with Crippen molar-refractivity contribution in [2.24, 2.45) is 7.05 Å². The van der Waals surface area contributed by atoms with E-state index in [2.05, 4.69) is 25.2 Å². The van der Waals surface area contributed by atoms with E-state index in [1.54, 1.807) is 40.9 Å². The average Bonchev–Trinajstić information content (AvgIpc) is 3.25. The highest BCUT2D eigenvalue weighted by Crippen LogP contribution is 2.23. The molecule has 11 nitrogen and oxygen atoms in total. The van der Waals surface area contributed by atoms with Gasteiger partial charge < -0.3 is 9.80 Å². The number of rotatable bonds is 4. The minimum Gasteiger partial charge on any atom is -0.351 e. The number of carbonyl (C=O) groups is 1. The minimum absolute atomic E-state index is 0.107. The molecule has 0 N–H and O–H groups in total. The van der Waals surface area contributed by atoms with Crippen LogP contribution in [0.4, 0.5) is 5.82 Å². The fourth-order valence-corrected chi connectivity index (χ4v) is 5.92. The second-order valence-electron chi connectivity index (χ2n) is 8.35. The Morgan fingerprint density at radius 3 is 2.30 bits per heavy atom. The lowest BCUT2D eigenvalue weighted by atomic mass is 10.2. The molecule has 4 heterocycles. The summed E-state index contributed by atoms with van der Waals surface area (Å²) in [5, 5.41) is 8.19. The van der Waals surface area contributed by atoms with Gasteiger partial charge in [0.1, 0.15) is 6.33 Å². The van der Waals surface area contributed by atoms with Crippen LogP contribution >= 0.6 is 0 Å². The Morgan fingerprint density at radius 2 is 1.61 bits per heavy atom. The molecule has 0 spiro atoms. The summed E-state index contributed by atoms with van der Waals surface area (Å²) < 4.78 is 28.8. The molecule has 174 valence electrons. The van der Waals surface area contributed by atoms with Gasteiger partial charge in [-0.05, 0) is 37.1 Å². The van der Waals surface area contributed by atoms with Crippen LogP contribution in [0.25, 0.3) is 11.2 Å². The zero-order chi connectivity index (χ0) is 23.0. The maximum Gasteiger partial charge on any atom is 0.253 e. The number of fused-ring (bicyclic) bond motifs is 1. The number of nitrogens with zero attached hydrogens (tertiary/aromatic N) is 8. The third-order valence-electron chi connectivity index (χ3n) is 6.29. The Morgan fingerprint density at radius 1 is 0.909 bits per heavy atom. The van der Waals surface area contributed by atoms with Crippen molar-refractivity contribution in [3.05, 3.63) is 36.2 Å². The Bertz CT molecular complexity index is 1260. The van der Waals surface area contributed by atoms with E-state index in [0.717, 1.165) is 19.3 Å². The lowest BCUT2D eigenvalue weighted by Gasteiger charge is -2.35. The molecule has 2 aliphatic rings. The topological polar surface area (TPSA) is 117 Å². The van der Waals surface area contributed by atoms with E-state index >= 15 is 0 Å². The van der Waals surface area contributed by atoms with Crippen LogP contribution in [-0.4, -0.2) is 87.8 Å². The summed E-state index contributed by atoms with van der Waals surface area (Å²) in [6.45, 7) is 3.38. The number of piperazine rings is 1. The molecule has 0 unspecified atom stereocenters. The van der Waals surface area contributed by atoms with Gasteiger partial charge in [0.15, 0.2) is 17.0 Å². The highest BCUT2D eigenvalue weighted by Gasteiger charge is 2.28. The molecule has 1 aromatic carbocycles. The molecule has 3 aromatic rings. The van der Waals surface area contributed by atoms with Crippen LogP contribution in [0, 0.1) is 0 Å². The van der Waals surface area contributed by atoms with Crippen LogP contribution in [0.1, 0.15) is 29.6 Å². The Balaban J connectivity index is 1.25. The molecule has 2 aliphatic heterocycles. The zero-order valence-corrected chi connectivity index (χ0v) is 19.3. The van der Waals surface area contributed by atoms with Crippen molar-refractivity contribution in [2.75, 3.05) is 44.2 Å². The number of aryl methyl sites for hydroxylation is 1. The van der Waals surface area contributed by atoms with Gasteiger partial charge in [-0.1, -0.05) is 11.6 Å². The van der Waals surface area contributed by atoms with Gasteiger partial charge in [0, 0.05) is 51.9 Å². The number of benzene rings is 1. The molecule has 0 aliphatic carbocycles. The number of carbonyl (C=O) groups excluding carboxylic acids is 1. The van der Waals surface area contributed by atoms with Gasteiger partial charge in [-0.2, -0.15) is 4.31 Å². The van der Waals surface area contributed by atoms with Crippen molar-refractivity contribution in [1.82, 2.24) is 34.2 Å². The molecule has 2 fully saturated rings. The van der Waals surface area contributed by atoms with E-state index in [9.17, 15) is 13.2 Å². The first-order chi connectivity index (χ1) is 15.9. The molecule has 0 saturated carbocycles. The maximum absolute atomic E-state index is 13.0. The largest absolute Gasteiger partial charge is 0.351 e. The van der Waals surface area contributed by atoms with E-state index in [4.69, 9.17) is 0 Å². The predicted molar refractivity (Wildman–Crippen MR) is 121 cm³/mol. The molecule has 2 saturated heterocycles. The van der Waals surface area contributed by atoms with Crippen molar-refractivity contribution < 1.29 is 13.2 Å². The van der Waals surface area contributed by atoms with Crippen molar-refractivity contribution in [3.8, 4) is 0 Å². The summed E-state index contributed by atoms with van der Waals surface area (Å²) in [6, 6.07) is 6.30.